The lowest BCUT2D eigenvalue weighted by Gasteiger charge is -2.07. The summed E-state index contributed by atoms with van der Waals surface area (Å²) < 4.78 is 1.91. The Balaban J connectivity index is 2.40. The molecule has 6 heteroatoms. The predicted molar refractivity (Wildman–Crippen MR) is 59.7 cm³/mol. The number of hydrogen-bond donors (Lipinski definition) is 1. The number of carbonyl (C=O) groups excluding carboxylic acids is 1. The average Bonchev–Trinajstić information content (AvgIpc) is 2.60. The van der Waals surface area contributed by atoms with Crippen molar-refractivity contribution in [1.82, 2.24) is 20.1 Å². The first-order valence-electron chi connectivity index (χ1n) is 4.93. The molecule has 0 atom stereocenters. The molecule has 1 amide bonds. The van der Waals surface area contributed by atoms with Gasteiger partial charge in [0.05, 0.1) is 5.75 Å². The minimum absolute atomic E-state index is 0.0284. The Kier molecular flexibility index (Phi) is 4.61. The minimum atomic E-state index is 0.0284. The number of amides is 1. The number of hydrogen-bond acceptors (Lipinski definition) is 4. The van der Waals surface area contributed by atoms with E-state index in [1.165, 1.54) is 11.8 Å². The molecule has 1 aromatic rings. The predicted octanol–water partition coefficient (Wildman–Crippen LogP) is 0.915. The van der Waals surface area contributed by atoms with Crippen LogP contribution in [0.15, 0.2) is 11.5 Å². The van der Waals surface area contributed by atoms with Crippen molar-refractivity contribution < 1.29 is 4.79 Å². The van der Waals surface area contributed by atoms with Crippen LogP contribution in [-0.4, -0.2) is 32.5 Å². The van der Waals surface area contributed by atoms with Gasteiger partial charge in [-0.05, 0) is 20.8 Å². The van der Waals surface area contributed by atoms with Gasteiger partial charge in [0, 0.05) is 12.6 Å². The van der Waals surface area contributed by atoms with E-state index in [2.05, 4.69) is 15.5 Å². The van der Waals surface area contributed by atoms with Crippen molar-refractivity contribution in [2.24, 2.45) is 0 Å². The molecule has 15 heavy (non-hydrogen) atoms. The molecule has 0 aliphatic rings. The number of nitrogens with zero attached hydrogens (tertiary/aromatic N) is 3. The van der Waals surface area contributed by atoms with Crippen LogP contribution in [0.3, 0.4) is 0 Å². The van der Waals surface area contributed by atoms with Crippen LogP contribution in [0.2, 0.25) is 0 Å². The summed E-state index contributed by atoms with van der Waals surface area (Å²) in [5.74, 6) is 0.414. The summed E-state index contributed by atoms with van der Waals surface area (Å²) in [5.41, 5.74) is 0. The van der Waals surface area contributed by atoms with E-state index in [-0.39, 0.29) is 11.9 Å². The molecule has 0 fully saturated rings. The highest BCUT2D eigenvalue weighted by molar-refractivity contribution is 7.99. The SMILES string of the molecule is CCn1cnnc1SCC(=O)NC(C)C. The van der Waals surface area contributed by atoms with Crippen molar-refractivity contribution in [2.45, 2.75) is 38.5 Å². The third kappa shape index (κ3) is 3.91. The van der Waals surface area contributed by atoms with Crippen molar-refractivity contribution in [3.05, 3.63) is 6.33 Å². The summed E-state index contributed by atoms with van der Waals surface area (Å²) in [7, 11) is 0. The van der Waals surface area contributed by atoms with Gasteiger partial charge in [-0.15, -0.1) is 10.2 Å². The van der Waals surface area contributed by atoms with Crippen LogP contribution >= 0.6 is 11.8 Å². The van der Waals surface area contributed by atoms with Gasteiger partial charge in [-0.3, -0.25) is 4.79 Å². The van der Waals surface area contributed by atoms with Gasteiger partial charge in [-0.25, -0.2) is 0 Å². The lowest BCUT2D eigenvalue weighted by atomic mass is 10.4. The molecule has 0 saturated carbocycles. The van der Waals surface area contributed by atoms with E-state index in [1.54, 1.807) is 6.33 Å². The van der Waals surface area contributed by atoms with E-state index >= 15 is 0 Å². The highest BCUT2D eigenvalue weighted by atomic mass is 32.2. The Labute approximate surface area is 93.6 Å². The molecule has 0 bridgehead atoms. The molecule has 0 spiro atoms. The Hall–Kier alpha value is -1.04. The number of carbonyl (C=O) groups is 1. The van der Waals surface area contributed by atoms with Crippen molar-refractivity contribution >= 4 is 17.7 Å². The zero-order chi connectivity index (χ0) is 11.3. The Morgan fingerprint density at radius 3 is 3.00 bits per heavy atom. The van der Waals surface area contributed by atoms with Crippen LogP contribution in [0.25, 0.3) is 0 Å². The topological polar surface area (TPSA) is 59.8 Å². The second kappa shape index (κ2) is 5.75. The molecule has 5 nitrogen and oxygen atoms in total. The van der Waals surface area contributed by atoms with E-state index in [0.717, 1.165) is 11.7 Å². The largest absolute Gasteiger partial charge is 0.353 e. The lowest BCUT2D eigenvalue weighted by molar-refractivity contribution is -0.119. The van der Waals surface area contributed by atoms with Gasteiger partial charge in [0.2, 0.25) is 5.91 Å². The first-order valence-corrected chi connectivity index (χ1v) is 5.92. The highest BCUT2D eigenvalue weighted by Crippen LogP contribution is 2.13. The molecule has 0 aromatic carbocycles. The van der Waals surface area contributed by atoms with Gasteiger partial charge < -0.3 is 9.88 Å². The Morgan fingerprint density at radius 1 is 1.67 bits per heavy atom. The third-order valence-electron chi connectivity index (χ3n) is 1.70. The number of aryl methyl sites for hydroxylation is 1. The molecule has 0 saturated heterocycles. The van der Waals surface area contributed by atoms with Gasteiger partial charge in [0.15, 0.2) is 5.16 Å². The normalized spacial score (nSPS) is 10.7. The zero-order valence-electron chi connectivity index (χ0n) is 9.23. The molecule has 0 aliphatic carbocycles. The summed E-state index contributed by atoms with van der Waals surface area (Å²) in [6, 6.07) is 0.183. The maximum atomic E-state index is 11.4. The number of thioether (sulfide) groups is 1. The third-order valence-corrected chi connectivity index (χ3v) is 2.68. The fraction of sp³-hybridized carbons (Fsp3) is 0.667. The van der Waals surface area contributed by atoms with Crippen molar-refractivity contribution in [3.8, 4) is 0 Å². The van der Waals surface area contributed by atoms with E-state index < -0.39 is 0 Å². The number of rotatable bonds is 5. The standard InChI is InChI=1S/C9H16N4OS/c1-4-13-6-10-12-9(13)15-5-8(14)11-7(2)3/h6-7H,4-5H2,1-3H3,(H,11,14). The molecule has 1 rings (SSSR count). The molecular formula is C9H16N4OS. The van der Waals surface area contributed by atoms with E-state index in [1.807, 2.05) is 25.3 Å². The summed E-state index contributed by atoms with van der Waals surface area (Å²) in [5, 5.41) is 11.3. The van der Waals surface area contributed by atoms with Crippen LogP contribution in [0.5, 0.6) is 0 Å². The van der Waals surface area contributed by atoms with Crippen LogP contribution in [0, 0.1) is 0 Å². The smallest absolute Gasteiger partial charge is 0.230 e. The highest BCUT2D eigenvalue weighted by Gasteiger charge is 2.08. The molecular weight excluding hydrogens is 212 g/mol. The quantitative estimate of drug-likeness (QED) is 0.761. The van der Waals surface area contributed by atoms with Crippen LogP contribution in [0.4, 0.5) is 0 Å². The lowest BCUT2D eigenvalue weighted by Crippen LogP contribution is -2.31. The summed E-state index contributed by atoms with van der Waals surface area (Å²) in [4.78, 5) is 11.4. The van der Waals surface area contributed by atoms with Gasteiger partial charge in [0.25, 0.3) is 0 Å². The molecule has 1 aromatic heterocycles. The average molecular weight is 228 g/mol. The van der Waals surface area contributed by atoms with E-state index in [0.29, 0.717) is 5.75 Å². The zero-order valence-corrected chi connectivity index (χ0v) is 10.0. The second-order valence-electron chi connectivity index (χ2n) is 3.41. The molecule has 0 radical (unpaired) electrons. The van der Waals surface area contributed by atoms with Gasteiger partial charge >= 0.3 is 0 Å². The number of aromatic nitrogens is 3. The van der Waals surface area contributed by atoms with Gasteiger partial charge in [-0.2, -0.15) is 0 Å². The fourth-order valence-electron chi connectivity index (χ4n) is 1.07. The summed E-state index contributed by atoms with van der Waals surface area (Å²) >= 11 is 1.41. The minimum Gasteiger partial charge on any atom is -0.353 e. The summed E-state index contributed by atoms with van der Waals surface area (Å²) in [6.45, 7) is 6.72. The Bertz CT molecular complexity index is 324. The second-order valence-corrected chi connectivity index (χ2v) is 4.35. The van der Waals surface area contributed by atoms with Crippen molar-refractivity contribution in [2.75, 3.05) is 5.75 Å². The Morgan fingerprint density at radius 2 is 2.40 bits per heavy atom. The van der Waals surface area contributed by atoms with Crippen molar-refractivity contribution in [1.29, 1.82) is 0 Å². The van der Waals surface area contributed by atoms with Crippen LogP contribution in [0.1, 0.15) is 20.8 Å². The van der Waals surface area contributed by atoms with E-state index in [4.69, 9.17) is 0 Å². The van der Waals surface area contributed by atoms with Gasteiger partial charge in [0.1, 0.15) is 6.33 Å². The molecule has 0 aliphatic heterocycles. The van der Waals surface area contributed by atoms with Crippen LogP contribution in [-0.2, 0) is 11.3 Å². The fourth-order valence-corrected chi connectivity index (χ4v) is 1.86. The molecule has 84 valence electrons. The maximum absolute atomic E-state index is 11.4. The number of nitrogens with one attached hydrogen (secondary N) is 1. The molecule has 1 N–H and O–H groups in total. The molecule has 1 heterocycles. The first kappa shape index (κ1) is 12.0. The first-order chi connectivity index (χ1) is 7.13. The summed E-state index contributed by atoms with van der Waals surface area (Å²) in [6.07, 6.45) is 1.67. The van der Waals surface area contributed by atoms with Gasteiger partial charge in [-0.1, -0.05) is 11.8 Å². The monoisotopic (exact) mass is 228 g/mol. The van der Waals surface area contributed by atoms with Crippen molar-refractivity contribution in [3.63, 3.8) is 0 Å². The maximum Gasteiger partial charge on any atom is 0.230 e. The molecule has 0 unspecified atom stereocenters. The van der Waals surface area contributed by atoms with E-state index in [9.17, 15) is 4.79 Å². The van der Waals surface area contributed by atoms with Crippen LogP contribution < -0.4 is 5.32 Å².